The van der Waals surface area contributed by atoms with Crippen LogP contribution in [0.5, 0.6) is 0 Å². The highest BCUT2D eigenvalue weighted by Crippen LogP contribution is 2.28. The van der Waals surface area contributed by atoms with Crippen LogP contribution in [0, 0.1) is 20.8 Å². The van der Waals surface area contributed by atoms with Crippen LogP contribution in [0.2, 0.25) is 0 Å². The lowest BCUT2D eigenvalue weighted by Gasteiger charge is -2.34. The van der Waals surface area contributed by atoms with E-state index in [9.17, 15) is 18.0 Å². The summed E-state index contributed by atoms with van der Waals surface area (Å²) in [7, 11) is -4.13. The number of aryl methyl sites for hydroxylation is 3. The van der Waals surface area contributed by atoms with Gasteiger partial charge in [-0.25, -0.2) is 8.42 Å². The second-order valence-corrected chi connectivity index (χ2v) is 12.5. The Kier molecular flexibility index (Phi) is 10.4. The van der Waals surface area contributed by atoms with Gasteiger partial charge in [0.25, 0.3) is 10.0 Å². The summed E-state index contributed by atoms with van der Waals surface area (Å²) >= 11 is 0. The maximum atomic E-state index is 14.5. The van der Waals surface area contributed by atoms with Gasteiger partial charge in [0.05, 0.1) is 10.6 Å². The first kappa shape index (κ1) is 31.5. The highest BCUT2D eigenvalue weighted by atomic mass is 32.2. The van der Waals surface area contributed by atoms with Gasteiger partial charge < -0.3 is 10.2 Å². The zero-order valence-corrected chi connectivity index (χ0v) is 26.0. The molecule has 2 amide bonds. The summed E-state index contributed by atoms with van der Waals surface area (Å²) in [6.07, 6.45) is 0.277. The summed E-state index contributed by atoms with van der Waals surface area (Å²) in [6.45, 7) is 7.56. The average Bonchev–Trinajstić information content (AvgIpc) is 2.99. The van der Waals surface area contributed by atoms with Crippen molar-refractivity contribution in [2.24, 2.45) is 0 Å². The maximum absolute atomic E-state index is 14.5. The minimum atomic E-state index is -4.13. The van der Waals surface area contributed by atoms with E-state index in [1.165, 1.54) is 4.90 Å². The average molecular weight is 598 g/mol. The summed E-state index contributed by atoms with van der Waals surface area (Å²) in [5.41, 5.74) is 4.78. The molecule has 8 heteroatoms. The molecule has 0 aliphatic rings. The molecule has 4 aromatic rings. The smallest absolute Gasteiger partial charge is 0.264 e. The van der Waals surface area contributed by atoms with Gasteiger partial charge in [-0.1, -0.05) is 90.5 Å². The fourth-order valence-electron chi connectivity index (χ4n) is 5.01. The first-order valence-corrected chi connectivity index (χ1v) is 15.9. The van der Waals surface area contributed by atoms with E-state index in [0.29, 0.717) is 17.8 Å². The number of amides is 2. The molecule has 0 radical (unpaired) electrons. The lowest BCUT2D eigenvalue weighted by Crippen LogP contribution is -2.53. The minimum Gasteiger partial charge on any atom is -0.355 e. The van der Waals surface area contributed by atoms with E-state index in [2.05, 4.69) is 5.32 Å². The van der Waals surface area contributed by atoms with Crippen LogP contribution in [0.3, 0.4) is 0 Å². The third kappa shape index (κ3) is 7.70. The van der Waals surface area contributed by atoms with Crippen LogP contribution in [-0.2, 0) is 32.6 Å². The third-order valence-electron chi connectivity index (χ3n) is 7.50. The van der Waals surface area contributed by atoms with Gasteiger partial charge in [-0.05, 0) is 68.1 Å². The quantitative estimate of drug-likeness (QED) is 0.231. The van der Waals surface area contributed by atoms with Gasteiger partial charge in [0.1, 0.15) is 12.6 Å². The van der Waals surface area contributed by atoms with Crippen molar-refractivity contribution in [3.05, 3.63) is 131 Å². The third-order valence-corrected chi connectivity index (χ3v) is 9.27. The van der Waals surface area contributed by atoms with E-state index in [4.69, 9.17) is 0 Å². The topological polar surface area (TPSA) is 86.8 Å². The number of rotatable bonds is 12. The molecule has 0 aliphatic carbocycles. The first-order chi connectivity index (χ1) is 20.6. The van der Waals surface area contributed by atoms with Crippen LogP contribution < -0.4 is 9.62 Å². The number of hydrogen-bond acceptors (Lipinski definition) is 4. The van der Waals surface area contributed by atoms with E-state index >= 15 is 0 Å². The lowest BCUT2D eigenvalue weighted by atomic mass is 10.0. The second-order valence-electron chi connectivity index (χ2n) is 10.7. The molecule has 224 valence electrons. The van der Waals surface area contributed by atoms with E-state index in [-0.39, 0.29) is 23.8 Å². The molecule has 1 unspecified atom stereocenters. The van der Waals surface area contributed by atoms with Gasteiger partial charge in [0.2, 0.25) is 11.8 Å². The summed E-state index contributed by atoms with van der Waals surface area (Å²) in [5, 5.41) is 2.89. The molecule has 4 rings (SSSR count). The number of benzene rings is 4. The zero-order chi connectivity index (χ0) is 31.0. The Labute approximate surface area is 255 Å². The molecule has 0 heterocycles. The van der Waals surface area contributed by atoms with Crippen molar-refractivity contribution < 1.29 is 18.0 Å². The Hall–Kier alpha value is -4.43. The fraction of sp³-hybridized carbons (Fsp3) is 0.257. The Morgan fingerprint density at radius 3 is 2.00 bits per heavy atom. The molecular formula is C35H39N3O4S. The molecular weight excluding hydrogens is 558 g/mol. The van der Waals surface area contributed by atoms with Gasteiger partial charge in [-0.15, -0.1) is 0 Å². The SMILES string of the molecule is CCNC(=O)C(Cc1ccccc1)N(Cc1ccccc1C)C(=O)CN(c1ccccc1C)S(=O)(=O)c1ccc(C)cc1. The van der Waals surface area contributed by atoms with E-state index in [0.717, 1.165) is 26.6 Å². The molecule has 43 heavy (non-hydrogen) atoms. The van der Waals surface area contributed by atoms with Crippen LogP contribution in [0.1, 0.15) is 34.7 Å². The molecule has 4 aromatic carbocycles. The van der Waals surface area contributed by atoms with E-state index in [1.807, 2.05) is 94.4 Å². The van der Waals surface area contributed by atoms with Gasteiger partial charge in [-0.3, -0.25) is 13.9 Å². The number of para-hydroxylation sites is 1. The standard InChI is InChI=1S/C35H39N3O4S/c1-5-36-35(40)33(23-29-15-7-6-8-16-29)37(24-30-17-11-9-13-27(30)3)34(39)25-38(32-18-12-10-14-28(32)4)43(41,42)31-21-19-26(2)20-22-31/h6-22,33H,5,23-25H2,1-4H3,(H,36,40). The maximum Gasteiger partial charge on any atom is 0.264 e. The highest BCUT2D eigenvalue weighted by molar-refractivity contribution is 7.92. The molecule has 0 aliphatic heterocycles. The molecule has 0 fully saturated rings. The normalized spacial score (nSPS) is 11.9. The fourth-order valence-corrected chi connectivity index (χ4v) is 6.49. The van der Waals surface area contributed by atoms with Crippen LogP contribution in [-0.4, -0.2) is 44.3 Å². The summed E-state index contributed by atoms with van der Waals surface area (Å²) in [6, 6.07) is 30.0. The molecule has 0 aromatic heterocycles. The van der Waals surface area contributed by atoms with Gasteiger partial charge in [0, 0.05) is 19.5 Å². The minimum absolute atomic E-state index is 0.0872. The monoisotopic (exact) mass is 597 g/mol. The van der Waals surface area contributed by atoms with Crippen LogP contribution in [0.25, 0.3) is 0 Å². The lowest BCUT2D eigenvalue weighted by molar-refractivity contribution is -0.140. The Morgan fingerprint density at radius 1 is 0.767 bits per heavy atom. The molecule has 1 N–H and O–H groups in total. The molecule has 0 bridgehead atoms. The van der Waals surface area contributed by atoms with Gasteiger partial charge in [-0.2, -0.15) is 0 Å². The van der Waals surface area contributed by atoms with Crippen molar-refractivity contribution >= 4 is 27.5 Å². The number of nitrogens with zero attached hydrogens (tertiary/aromatic N) is 2. The summed E-state index contributed by atoms with van der Waals surface area (Å²) in [5.74, 6) is -0.772. The number of carbonyl (C=O) groups excluding carboxylic acids is 2. The van der Waals surface area contributed by atoms with Crippen molar-refractivity contribution in [2.45, 2.75) is 51.6 Å². The van der Waals surface area contributed by atoms with Crippen LogP contribution in [0.4, 0.5) is 5.69 Å². The molecule has 0 saturated carbocycles. The van der Waals surface area contributed by atoms with Crippen molar-refractivity contribution in [3.8, 4) is 0 Å². The zero-order valence-electron chi connectivity index (χ0n) is 25.2. The van der Waals surface area contributed by atoms with Crippen LogP contribution >= 0.6 is 0 Å². The summed E-state index contributed by atoms with van der Waals surface area (Å²) < 4.78 is 29.4. The van der Waals surface area contributed by atoms with Crippen LogP contribution in [0.15, 0.2) is 108 Å². The molecule has 0 saturated heterocycles. The van der Waals surface area contributed by atoms with E-state index in [1.54, 1.807) is 36.4 Å². The molecule has 0 spiro atoms. The molecule has 1 atom stereocenters. The predicted octanol–water partition coefficient (Wildman–Crippen LogP) is 5.58. The van der Waals surface area contributed by atoms with Crippen molar-refractivity contribution in [2.75, 3.05) is 17.4 Å². The number of carbonyl (C=O) groups is 2. The Bertz CT molecular complexity index is 1650. The first-order valence-electron chi connectivity index (χ1n) is 14.4. The Morgan fingerprint density at radius 2 is 1.37 bits per heavy atom. The molecule has 7 nitrogen and oxygen atoms in total. The van der Waals surface area contributed by atoms with Gasteiger partial charge in [0.15, 0.2) is 0 Å². The number of likely N-dealkylation sites (N-methyl/N-ethyl adjacent to an activating group) is 1. The van der Waals surface area contributed by atoms with Crippen molar-refractivity contribution in [1.29, 1.82) is 0 Å². The number of sulfonamides is 1. The number of hydrogen-bond donors (Lipinski definition) is 1. The summed E-state index contributed by atoms with van der Waals surface area (Å²) in [4.78, 5) is 29.7. The largest absolute Gasteiger partial charge is 0.355 e. The van der Waals surface area contributed by atoms with Crippen molar-refractivity contribution in [1.82, 2.24) is 10.2 Å². The van der Waals surface area contributed by atoms with E-state index < -0.39 is 28.5 Å². The van der Waals surface area contributed by atoms with Gasteiger partial charge >= 0.3 is 0 Å². The number of nitrogens with one attached hydrogen (secondary N) is 1. The number of anilines is 1. The highest BCUT2D eigenvalue weighted by Gasteiger charge is 2.35. The second kappa shape index (κ2) is 14.2. The predicted molar refractivity (Wildman–Crippen MR) is 171 cm³/mol. The Balaban J connectivity index is 1.81. The van der Waals surface area contributed by atoms with Crippen molar-refractivity contribution in [3.63, 3.8) is 0 Å².